The molecule has 3 rings (SSSR count). The van der Waals surface area contributed by atoms with Crippen LogP contribution < -0.4 is 0 Å². The molecule has 2 aliphatic carbocycles. The van der Waals surface area contributed by atoms with E-state index in [1.807, 2.05) is 4.90 Å². The second-order valence-corrected chi connectivity index (χ2v) is 5.50. The summed E-state index contributed by atoms with van der Waals surface area (Å²) in [5, 5.41) is 0. The number of allylic oxidation sites excluding steroid dienone is 2. The molecule has 2 fully saturated rings. The highest BCUT2D eigenvalue weighted by Crippen LogP contribution is 2.53. The molecule has 0 unspecified atom stereocenters. The van der Waals surface area contributed by atoms with Crippen molar-refractivity contribution in [3.05, 3.63) is 23.8 Å². The quantitative estimate of drug-likeness (QED) is 0.696. The summed E-state index contributed by atoms with van der Waals surface area (Å²) in [5.41, 5.74) is 1.77. The van der Waals surface area contributed by atoms with Crippen LogP contribution in [0.3, 0.4) is 0 Å². The minimum Gasteiger partial charge on any atom is -0.338 e. The van der Waals surface area contributed by atoms with E-state index in [2.05, 4.69) is 18.2 Å². The van der Waals surface area contributed by atoms with Crippen molar-refractivity contribution in [1.29, 1.82) is 0 Å². The van der Waals surface area contributed by atoms with Crippen molar-refractivity contribution in [3.8, 4) is 0 Å². The molecule has 86 valence electrons. The maximum Gasteiger partial charge on any atom is 0.223 e. The Kier molecular flexibility index (Phi) is 2.38. The van der Waals surface area contributed by atoms with Gasteiger partial charge < -0.3 is 4.90 Å². The zero-order valence-electron chi connectivity index (χ0n) is 9.74. The van der Waals surface area contributed by atoms with Gasteiger partial charge in [0.1, 0.15) is 0 Å². The van der Waals surface area contributed by atoms with E-state index in [0.717, 1.165) is 32.4 Å². The average Bonchev–Trinajstić information content (AvgIpc) is 3.04. The predicted octanol–water partition coefficient (Wildman–Crippen LogP) is 2.67. The molecule has 3 aliphatic rings. The van der Waals surface area contributed by atoms with Crippen molar-refractivity contribution in [2.24, 2.45) is 5.41 Å². The lowest BCUT2D eigenvalue weighted by Gasteiger charge is -2.32. The third-order valence-corrected chi connectivity index (χ3v) is 4.19. The van der Waals surface area contributed by atoms with Gasteiger partial charge >= 0.3 is 0 Å². The van der Waals surface area contributed by atoms with Crippen LogP contribution in [0.15, 0.2) is 23.8 Å². The first-order valence-corrected chi connectivity index (χ1v) is 6.41. The predicted molar refractivity (Wildman–Crippen MR) is 63.9 cm³/mol. The normalized spacial score (nSPS) is 27.1. The smallest absolute Gasteiger partial charge is 0.223 e. The third-order valence-electron chi connectivity index (χ3n) is 4.19. The molecule has 1 saturated carbocycles. The summed E-state index contributed by atoms with van der Waals surface area (Å²) >= 11 is 0. The van der Waals surface area contributed by atoms with E-state index in [1.54, 1.807) is 0 Å². The highest BCUT2D eigenvalue weighted by Gasteiger charge is 2.47. The second-order valence-electron chi connectivity index (χ2n) is 5.50. The number of nitrogens with zero attached hydrogens (tertiary/aromatic N) is 1. The minimum absolute atomic E-state index is 0.378. The first kappa shape index (κ1) is 10.1. The molecular formula is C14H19NO. The van der Waals surface area contributed by atoms with E-state index in [1.165, 1.54) is 24.8 Å². The number of carbonyl (C=O) groups is 1. The molecule has 2 nitrogen and oxygen atoms in total. The lowest BCUT2D eigenvalue weighted by molar-refractivity contribution is -0.135. The van der Waals surface area contributed by atoms with Gasteiger partial charge in [-0.15, -0.1) is 0 Å². The van der Waals surface area contributed by atoms with Gasteiger partial charge in [-0.3, -0.25) is 4.79 Å². The summed E-state index contributed by atoms with van der Waals surface area (Å²) in [6.45, 7) is 1.81. The molecular weight excluding hydrogens is 198 g/mol. The van der Waals surface area contributed by atoms with Gasteiger partial charge in [-0.25, -0.2) is 0 Å². The number of hydrogen-bond donors (Lipinski definition) is 0. The molecule has 0 atom stereocenters. The Balaban J connectivity index is 1.61. The van der Waals surface area contributed by atoms with Gasteiger partial charge in [-0.1, -0.05) is 18.2 Å². The Morgan fingerprint density at radius 3 is 2.75 bits per heavy atom. The van der Waals surface area contributed by atoms with Crippen molar-refractivity contribution < 1.29 is 4.79 Å². The zero-order chi connectivity index (χ0) is 11.0. The van der Waals surface area contributed by atoms with Crippen molar-refractivity contribution in [2.75, 3.05) is 13.1 Å². The summed E-state index contributed by atoms with van der Waals surface area (Å²) in [4.78, 5) is 14.0. The van der Waals surface area contributed by atoms with Crippen LogP contribution >= 0.6 is 0 Å². The number of amides is 1. The van der Waals surface area contributed by atoms with Gasteiger partial charge in [0.15, 0.2) is 0 Å². The molecule has 1 aliphatic heterocycles. The van der Waals surface area contributed by atoms with Crippen LogP contribution in [0, 0.1) is 5.41 Å². The monoisotopic (exact) mass is 217 g/mol. The topological polar surface area (TPSA) is 20.3 Å². The zero-order valence-corrected chi connectivity index (χ0v) is 9.74. The standard InChI is InChI=1S/C14H19NO/c16-13-10-14(6-7-14)8-9-15(13)11-12-4-2-1-3-5-12/h2,4-5H,1,3,6-11H2. The number of piperidine rings is 1. The molecule has 0 radical (unpaired) electrons. The molecule has 0 N–H and O–H groups in total. The molecule has 0 aromatic rings. The largest absolute Gasteiger partial charge is 0.338 e. The van der Waals surface area contributed by atoms with Crippen molar-refractivity contribution in [3.63, 3.8) is 0 Å². The van der Waals surface area contributed by atoms with E-state index in [-0.39, 0.29) is 0 Å². The van der Waals surface area contributed by atoms with Crippen LogP contribution in [-0.4, -0.2) is 23.9 Å². The molecule has 1 spiro atoms. The Morgan fingerprint density at radius 1 is 1.25 bits per heavy atom. The van der Waals surface area contributed by atoms with Crippen LogP contribution in [0.5, 0.6) is 0 Å². The van der Waals surface area contributed by atoms with Crippen LogP contribution in [0.25, 0.3) is 0 Å². The Morgan fingerprint density at radius 2 is 2.12 bits per heavy atom. The van der Waals surface area contributed by atoms with Crippen molar-refractivity contribution in [2.45, 2.75) is 38.5 Å². The molecule has 1 heterocycles. The summed E-state index contributed by atoms with van der Waals surface area (Å²) in [5.74, 6) is 0.378. The van der Waals surface area contributed by atoms with E-state index in [9.17, 15) is 4.79 Å². The lowest BCUT2D eigenvalue weighted by Crippen LogP contribution is -2.40. The highest BCUT2D eigenvalue weighted by molar-refractivity contribution is 5.78. The summed E-state index contributed by atoms with van der Waals surface area (Å²) in [7, 11) is 0. The number of likely N-dealkylation sites (tertiary alicyclic amines) is 1. The molecule has 16 heavy (non-hydrogen) atoms. The van der Waals surface area contributed by atoms with E-state index < -0.39 is 0 Å². The fraction of sp³-hybridized carbons (Fsp3) is 0.643. The molecule has 1 saturated heterocycles. The maximum absolute atomic E-state index is 12.0. The number of rotatable bonds is 2. The fourth-order valence-corrected chi connectivity index (χ4v) is 2.79. The van der Waals surface area contributed by atoms with Gasteiger partial charge in [0.05, 0.1) is 0 Å². The number of carbonyl (C=O) groups excluding carboxylic acids is 1. The summed E-state index contributed by atoms with van der Waals surface area (Å²) < 4.78 is 0. The molecule has 0 aromatic carbocycles. The Hall–Kier alpha value is -1.05. The van der Waals surface area contributed by atoms with E-state index in [0.29, 0.717) is 11.3 Å². The van der Waals surface area contributed by atoms with Gasteiger partial charge in [-0.2, -0.15) is 0 Å². The van der Waals surface area contributed by atoms with E-state index >= 15 is 0 Å². The summed E-state index contributed by atoms with van der Waals surface area (Å²) in [6.07, 6.45) is 13.6. The number of hydrogen-bond acceptors (Lipinski definition) is 1. The van der Waals surface area contributed by atoms with E-state index in [4.69, 9.17) is 0 Å². The van der Waals surface area contributed by atoms with Crippen LogP contribution in [0.4, 0.5) is 0 Å². The molecule has 1 amide bonds. The van der Waals surface area contributed by atoms with Crippen LogP contribution in [0.2, 0.25) is 0 Å². The maximum atomic E-state index is 12.0. The summed E-state index contributed by atoms with van der Waals surface area (Å²) in [6, 6.07) is 0. The van der Waals surface area contributed by atoms with Crippen molar-refractivity contribution >= 4 is 5.91 Å². The minimum atomic E-state index is 0.378. The van der Waals surface area contributed by atoms with Gasteiger partial charge in [0.25, 0.3) is 0 Å². The molecule has 0 aromatic heterocycles. The highest BCUT2D eigenvalue weighted by atomic mass is 16.2. The fourth-order valence-electron chi connectivity index (χ4n) is 2.79. The Labute approximate surface area is 97.0 Å². The van der Waals surface area contributed by atoms with Crippen LogP contribution in [0.1, 0.15) is 38.5 Å². The Bertz CT molecular complexity index is 363. The average molecular weight is 217 g/mol. The van der Waals surface area contributed by atoms with Gasteiger partial charge in [0.2, 0.25) is 5.91 Å². The molecule has 2 heteroatoms. The second kappa shape index (κ2) is 3.76. The van der Waals surface area contributed by atoms with Gasteiger partial charge in [-0.05, 0) is 43.1 Å². The lowest BCUT2D eigenvalue weighted by atomic mass is 9.92. The first-order chi connectivity index (χ1) is 7.77. The first-order valence-electron chi connectivity index (χ1n) is 6.41. The van der Waals surface area contributed by atoms with Crippen molar-refractivity contribution in [1.82, 2.24) is 4.90 Å². The SMILES string of the molecule is O=C1CC2(CCN1CC1=CCCC=C1)CC2. The van der Waals surface area contributed by atoms with Gasteiger partial charge in [0, 0.05) is 19.5 Å². The van der Waals surface area contributed by atoms with Crippen LogP contribution in [-0.2, 0) is 4.79 Å². The molecule has 0 bridgehead atoms. The third kappa shape index (κ3) is 1.93.